The Bertz CT molecular complexity index is 3680. The van der Waals surface area contributed by atoms with Gasteiger partial charge in [-0.15, -0.1) is 0 Å². The minimum atomic E-state index is -0.116. The smallest absolute Gasteiger partial charge is 0.160 e. The number of allylic oxidation sites excluding steroid dienone is 2. The Kier molecular flexibility index (Phi) is 10.7. The van der Waals surface area contributed by atoms with E-state index in [0.29, 0.717) is 0 Å². The Morgan fingerprint density at radius 1 is 0.386 bits per heavy atom. The van der Waals surface area contributed by atoms with Crippen molar-refractivity contribution in [3.8, 4) is 56.5 Å². The number of hydrogen-bond acceptors (Lipinski definition) is 4. The first-order valence-corrected chi connectivity index (χ1v) is 25.2. The Labute approximate surface area is 410 Å². The molecule has 2 heterocycles. The van der Waals surface area contributed by atoms with Crippen molar-refractivity contribution in [1.82, 2.24) is 19.9 Å². The van der Waals surface area contributed by atoms with Gasteiger partial charge in [-0.25, -0.2) is 19.9 Å². The number of rotatable bonds is 8. The maximum Gasteiger partial charge on any atom is 0.160 e. The third kappa shape index (κ3) is 7.56. The molecule has 13 rings (SSSR count). The Hall–Kier alpha value is -8.08. The zero-order valence-corrected chi connectivity index (χ0v) is 39.3. The third-order valence-electron chi connectivity index (χ3n) is 15.4. The van der Waals surface area contributed by atoms with Crippen molar-refractivity contribution in [3.63, 3.8) is 0 Å². The topological polar surface area (TPSA) is 51.6 Å². The Morgan fingerprint density at radius 2 is 0.871 bits per heavy atom. The number of aryl methyl sites for hydroxylation is 2. The molecule has 0 atom stereocenters. The molecule has 0 saturated heterocycles. The molecule has 8 aromatic carbocycles. The first-order valence-electron chi connectivity index (χ1n) is 25.2. The Morgan fingerprint density at radius 3 is 1.53 bits per heavy atom. The molecule has 0 bridgehead atoms. The standard InChI is InChI=1S/C66H52N4/c1-10-40-66(41-11-1,50-36-32-48(33-37-50)64-67-60(56-28-12-20-44-16-2-6-24-52(44)56)42-61(68-64)57-29-13-21-45-17-3-7-25-53(45)57)51-38-34-49(35-39-51)65-69-62(58-30-14-22-46-18-4-8-26-54(46)58)43-63(70-65)59-31-15-23-47-19-5-9-27-55(47)59/h2-4,6-9,12,14-18,20,22-39,42-43H,1,5,10-11,13,19,21,40-41H2. The van der Waals surface area contributed by atoms with E-state index < -0.39 is 0 Å². The fraction of sp³-hybridized carbons (Fsp3) is 0.152. The van der Waals surface area contributed by atoms with Gasteiger partial charge in [-0.1, -0.05) is 213 Å². The van der Waals surface area contributed by atoms with E-state index in [0.717, 1.165) is 101 Å². The van der Waals surface area contributed by atoms with Crippen LogP contribution in [-0.2, 0) is 18.3 Å². The van der Waals surface area contributed by atoms with Crippen LogP contribution in [0.5, 0.6) is 0 Å². The van der Waals surface area contributed by atoms with Gasteiger partial charge in [0.15, 0.2) is 11.6 Å². The summed E-state index contributed by atoms with van der Waals surface area (Å²) in [5.41, 5.74) is 18.2. The minimum absolute atomic E-state index is 0.116. The zero-order valence-electron chi connectivity index (χ0n) is 39.3. The molecule has 0 radical (unpaired) electrons. The van der Waals surface area contributed by atoms with Gasteiger partial charge in [-0.3, -0.25) is 0 Å². The maximum absolute atomic E-state index is 5.38. The summed E-state index contributed by atoms with van der Waals surface area (Å²) in [6, 6.07) is 68.5. The first kappa shape index (κ1) is 42.1. The van der Waals surface area contributed by atoms with Crippen molar-refractivity contribution in [1.29, 1.82) is 0 Å². The van der Waals surface area contributed by atoms with Crippen LogP contribution in [0.2, 0.25) is 0 Å². The van der Waals surface area contributed by atoms with Crippen LogP contribution >= 0.6 is 0 Å². The zero-order chi connectivity index (χ0) is 46.4. The minimum Gasteiger partial charge on any atom is -0.228 e. The van der Waals surface area contributed by atoms with Crippen molar-refractivity contribution in [2.75, 3.05) is 0 Å². The average molecular weight is 901 g/mol. The van der Waals surface area contributed by atoms with Crippen LogP contribution in [0.4, 0.5) is 0 Å². The molecule has 0 N–H and O–H groups in total. The quantitative estimate of drug-likeness (QED) is 0.152. The highest BCUT2D eigenvalue weighted by atomic mass is 14.9. The van der Waals surface area contributed by atoms with Crippen LogP contribution in [-0.4, -0.2) is 19.9 Å². The van der Waals surface area contributed by atoms with E-state index in [9.17, 15) is 0 Å². The van der Waals surface area contributed by atoms with Gasteiger partial charge in [0.05, 0.1) is 22.8 Å². The Balaban J connectivity index is 0.886. The lowest BCUT2D eigenvalue weighted by molar-refractivity contribution is 0.346. The molecule has 0 amide bonds. The average Bonchev–Trinajstić information content (AvgIpc) is 3.44. The summed E-state index contributed by atoms with van der Waals surface area (Å²) in [6.45, 7) is 0. The summed E-state index contributed by atoms with van der Waals surface area (Å²) in [7, 11) is 0. The van der Waals surface area contributed by atoms with Crippen LogP contribution in [0.1, 0.15) is 84.0 Å². The molecule has 336 valence electrons. The van der Waals surface area contributed by atoms with Gasteiger partial charge in [-0.05, 0) is 106 Å². The van der Waals surface area contributed by atoms with Crippen LogP contribution in [0.15, 0.2) is 200 Å². The lowest BCUT2D eigenvalue weighted by Crippen LogP contribution is -2.30. The SMILES string of the molecule is C1=Cc2c(cccc2-c2cc(-c3cccc4ccccc34)nc(-c3ccc(C4(c5ccc(-c6nc(C7=CCCc8ccccc87)cc(-c7cccc8ccccc78)n6)cc5)CCCCC4)cc3)n2)CC1. The molecule has 0 unspecified atom stereocenters. The summed E-state index contributed by atoms with van der Waals surface area (Å²) in [5.74, 6) is 1.49. The molecular weight excluding hydrogens is 849 g/mol. The third-order valence-corrected chi connectivity index (χ3v) is 15.4. The van der Waals surface area contributed by atoms with Crippen LogP contribution < -0.4 is 0 Å². The summed E-state index contributed by atoms with van der Waals surface area (Å²) in [5, 5.41) is 4.78. The number of fused-ring (bicyclic) bond motifs is 4. The van der Waals surface area contributed by atoms with Crippen LogP contribution in [0.3, 0.4) is 0 Å². The highest BCUT2D eigenvalue weighted by Crippen LogP contribution is 2.46. The molecule has 1 saturated carbocycles. The first-order chi connectivity index (χ1) is 34.6. The molecule has 0 aliphatic heterocycles. The van der Waals surface area contributed by atoms with Gasteiger partial charge in [0, 0.05) is 38.8 Å². The van der Waals surface area contributed by atoms with Gasteiger partial charge < -0.3 is 0 Å². The van der Waals surface area contributed by atoms with Gasteiger partial charge in [0.1, 0.15) is 0 Å². The molecule has 1 fully saturated rings. The van der Waals surface area contributed by atoms with Gasteiger partial charge in [-0.2, -0.15) is 0 Å². The van der Waals surface area contributed by atoms with Crippen molar-refractivity contribution in [3.05, 3.63) is 239 Å². The molecule has 3 aliphatic rings. The number of benzene rings is 8. The number of nitrogens with zero attached hydrogens (tertiary/aromatic N) is 4. The second-order valence-electron chi connectivity index (χ2n) is 19.4. The molecule has 4 heteroatoms. The summed E-state index contributed by atoms with van der Waals surface area (Å²) < 4.78 is 0. The highest BCUT2D eigenvalue weighted by Gasteiger charge is 2.36. The van der Waals surface area contributed by atoms with E-state index in [1.807, 2.05) is 0 Å². The number of aromatic nitrogens is 4. The molecule has 0 spiro atoms. The number of hydrogen-bond donors (Lipinski definition) is 0. The molecule has 3 aliphatic carbocycles. The summed E-state index contributed by atoms with van der Waals surface area (Å²) in [4.78, 5) is 21.5. The maximum atomic E-state index is 5.38. The fourth-order valence-corrected chi connectivity index (χ4v) is 11.8. The molecule has 4 nitrogen and oxygen atoms in total. The normalized spacial score (nSPS) is 15.1. The van der Waals surface area contributed by atoms with Gasteiger partial charge in [0.2, 0.25) is 0 Å². The van der Waals surface area contributed by atoms with E-state index in [2.05, 4.69) is 206 Å². The van der Waals surface area contributed by atoms with Gasteiger partial charge >= 0.3 is 0 Å². The molecule has 10 aromatic rings. The predicted molar refractivity (Wildman–Crippen MR) is 289 cm³/mol. The fourth-order valence-electron chi connectivity index (χ4n) is 11.8. The second-order valence-corrected chi connectivity index (χ2v) is 19.4. The van der Waals surface area contributed by atoms with Crippen molar-refractivity contribution in [2.45, 2.75) is 63.2 Å². The monoisotopic (exact) mass is 900 g/mol. The summed E-state index contributed by atoms with van der Waals surface area (Å²) in [6.07, 6.45) is 16.9. The second kappa shape index (κ2) is 17.8. The van der Waals surface area contributed by atoms with E-state index in [1.54, 1.807) is 0 Å². The van der Waals surface area contributed by atoms with E-state index in [1.165, 1.54) is 79.8 Å². The lowest BCUT2D eigenvalue weighted by atomic mass is 9.65. The van der Waals surface area contributed by atoms with E-state index >= 15 is 0 Å². The molecule has 2 aromatic heterocycles. The highest BCUT2D eigenvalue weighted by molar-refractivity contribution is 5.98. The predicted octanol–water partition coefficient (Wildman–Crippen LogP) is 16.5. The van der Waals surface area contributed by atoms with Crippen LogP contribution in [0.25, 0.3) is 89.7 Å². The van der Waals surface area contributed by atoms with Crippen molar-refractivity contribution < 1.29 is 0 Å². The van der Waals surface area contributed by atoms with Crippen molar-refractivity contribution in [2.24, 2.45) is 0 Å². The van der Waals surface area contributed by atoms with E-state index in [4.69, 9.17) is 19.9 Å². The van der Waals surface area contributed by atoms with Gasteiger partial charge in [0.25, 0.3) is 0 Å². The summed E-state index contributed by atoms with van der Waals surface area (Å²) >= 11 is 0. The lowest BCUT2D eigenvalue weighted by Gasteiger charge is -2.39. The largest absolute Gasteiger partial charge is 0.228 e. The van der Waals surface area contributed by atoms with E-state index in [-0.39, 0.29) is 5.41 Å². The molecule has 70 heavy (non-hydrogen) atoms. The van der Waals surface area contributed by atoms with Crippen molar-refractivity contribution >= 4 is 33.2 Å². The van der Waals surface area contributed by atoms with Crippen LogP contribution in [0, 0.1) is 0 Å². The molecular formula is C66H52N4.